The lowest BCUT2D eigenvalue weighted by molar-refractivity contribution is 0.122. The first-order chi connectivity index (χ1) is 15.0. The number of ether oxygens (including phenoxy) is 2. The third kappa shape index (κ3) is 4.43. The molecule has 31 heavy (non-hydrogen) atoms. The maximum absolute atomic E-state index is 5.54. The van der Waals surface area contributed by atoms with Gasteiger partial charge in [0.05, 0.1) is 26.0 Å². The van der Waals surface area contributed by atoms with Crippen LogP contribution in [0.15, 0.2) is 23.4 Å². The standard InChI is InChI=1S/C22H30N6O2S/c1-6-18-23-19-20(27(18)4)24-22(25-21(19)28-9-11-30-12-10-28)31-14-15-7-8-17(29-5)16(13-15)26(2)3/h7-8,13H,6,9-12,14H2,1-5H3. The van der Waals surface area contributed by atoms with E-state index in [-0.39, 0.29) is 0 Å². The summed E-state index contributed by atoms with van der Waals surface area (Å²) in [6.45, 7) is 5.17. The molecule has 1 saturated heterocycles. The van der Waals surface area contributed by atoms with Crippen LogP contribution in [0.2, 0.25) is 0 Å². The van der Waals surface area contributed by atoms with Crippen LogP contribution in [0.25, 0.3) is 11.2 Å². The number of methoxy groups -OCH3 is 1. The van der Waals surface area contributed by atoms with Crippen molar-refractivity contribution in [2.24, 2.45) is 7.05 Å². The molecule has 0 radical (unpaired) electrons. The Morgan fingerprint density at radius 2 is 1.94 bits per heavy atom. The zero-order chi connectivity index (χ0) is 22.0. The number of rotatable bonds is 7. The lowest BCUT2D eigenvalue weighted by atomic mass is 10.2. The summed E-state index contributed by atoms with van der Waals surface area (Å²) in [4.78, 5) is 19.0. The fraction of sp³-hybridized carbons (Fsp3) is 0.500. The van der Waals surface area contributed by atoms with Crippen LogP contribution in [0, 0.1) is 0 Å². The van der Waals surface area contributed by atoms with Gasteiger partial charge in [-0.25, -0.2) is 15.0 Å². The molecule has 0 spiro atoms. The highest BCUT2D eigenvalue weighted by molar-refractivity contribution is 7.98. The first kappa shape index (κ1) is 21.7. The second kappa shape index (κ2) is 9.32. The molecule has 9 heteroatoms. The van der Waals surface area contributed by atoms with E-state index in [0.717, 1.165) is 64.7 Å². The van der Waals surface area contributed by atoms with Crippen molar-refractivity contribution in [3.8, 4) is 5.75 Å². The van der Waals surface area contributed by atoms with Gasteiger partial charge in [-0.15, -0.1) is 0 Å². The van der Waals surface area contributed by atoms with Gasteiger partial charge in [-0.05, 0) is 17.7 Å². The van der Waals surface area contributed by atoms with Gasteiger partial charge in [0.15, 0.2) is 22.1 Å². The molecule has 0 atom stereocenters. The second-order valence-corrected chi connectivity index (χ2v) is 8.67. The van der Waals surface area contributed by atoms with Gasteiger partial charge in [0, 0.05) is 46.4 Å². The van der Waals surface area contributed by atoms with E-state index in [2.05, 4.69) is 33.4 Å². The van der Waals surface area contributed by atoms with Crippen LogP contribution in [0.1, 0.15) is 18.3 Å². The zero-order valence-electron chi connectivity index (χ0n) is 18.9. The summed E-state index contributed by atoms with van der Waals surface area (Å²) in [5.74, 6) is 3.58. The second-order valence-electron chi connectivity index (χ2n) is 7.73. The molecule has 0 aliphatic carbocycles. The number of morpholine rings is 1. The normalized spacial score (nSPS) is 14.3. The molecule has 166 valence electrons. The summed E-state index contributed by atoms with van der Waals surface area (Å²) in [6.07, 6.45) is 0.858. The van der Waals surface area contributed by atoms with Crippen molar-refractivity contribution in [3.63, 3.8) is 0 Å². The lowest BCUT2D eigenvalue weighted by Crippen LogP contribution is -2.37. The van der Waals surface area contributed by atoms with Crippen molar-refractivity contribution in [1.82, 2.24) is 19.5 Å². The third-order valence-electron chi connectivity index (χ3n) is 5.49. The summed E-state index contributed by atoms with van der Waals surface area (Å²) in [5.41, 5.74) is 4.03. The monoisotopic (exact) mass is 442 g/mol. The van der Waals surface area contributed by atoms with E-state index < -0.39 is 0 Å². The van der Waals surface area contributed by atoms with Crippen LogP contribution < -0.4 is 14.5 Å². The number of thioether (sulfide) groups is 1. The number of hydrogen-bond donors (Lipinski definition) is 0. The molecule has 3 aromatic rings. The molecule has 2 aromatic heterocycles. The maximum atomic E-state index is 5.54. The molecule has 0 saturated carbocycles. The molecule has 0 unspecified atom stereocenters. The van der Waals surface area contributed by atoms with Crippen LogP contribution in [0.4, 0.5) is 11.5 Å². The van der Waals surface area contributed by atoms with Gasteiger partial charge in [-0.1, -0.05) is 24.8 Å². The highest BCUT2D eigenvalue weighted by atomic mass is 32.2. The van der Waals surface area contributed by atoms with Gasteiger partial charge in [0.25, 0.3) is 0 Å². The van der Waals surface area contributed by atoms with Crippen molar-refractivity contribution < 1.29 is 9.47 Å². The Morgan fingerprint density at radius 1 is 1.16 bits per heavy atom. The summed E-state index contributed by atoms with van der Waals surface area (Å²) in [6, 6.07) is 6.27. The smallest absolute Gasteiger partial charge is 0.191 e. The molecule has 1 aliphatic rings. The van der Waals surface area contributed by atoms with Crippen LogP contribution in [-0.2, 0) is 24.0 Å². The number of imidazole rings is 1. The highest BCUT2D eigenvalue weighted by Gasteiger charge is 2.22. The Morgan fingerprint density at radius 3 is 2.61 bits per heavy atom. The number of benzene rings is 1. The van der Waals surface area contributed by atoms with Gasteiger partial charge in [-0.3, -0.25) is 0 Å². The lowest BCUT2D eigenvalue weighted by Gasteiger charge is -2.28. The van der Waals surface area contributed by atoms with E-state index in [0.29, 0.717) is 13.2 Å². The number of nitrogens with zero attached hydrogens (tertiary/aromatic N) is 6. The largest absolute Gasteiger partial charge is 0.495 e. The molecular weight excluding hydrogens is 412 g/mol. The van der Waals surface area contributed by atoms with Gasteiger partial charge < -0.3 is 23.8 Å². The number of aryl methyl sites for hydroxylation is 2. The number of aromatic nitrogens is 4. The van der Waals surface area contributed by atoms with E-state index in [1.54, 1.807) is 18.9 Å². The zero-order valence-corrected chi connectivity index (χ0v) is 19.7. The number of hydrogen-bond acceptors (Lipinski definition) is 8. The molecule has 0 N–H and O–H groups in total. The molecule has 0 bridgehead atoms. The quantitative estimate of drug-likeness (QED) is 0.408. The Hall–Kier alpha value is -2.52. The molecule has 1 fully saturated rings. The summed E-state index contributed by atoms with van der Waals surface area (Å²) < 4.78 is 13.1. The molecule has 3 heterocycles. The number of anilines is 2. The van der Waals surface area contributed by atoms with Crippen molar-refractivity contribution in [1.29, 1.82) is 0 Å². The minimum Gasteiger partial charge on any atom is -0.495 e. The van der Waals surface area contributed by atoms with Gasteiger partial charge in [0.2, 0.25) is 0 Å². The third-order valence-corrected chi connectivity index (χ3v) is 6.41. The van der Waals surface area contributed by atoms with E-state index >= 15 is 0 Å². The molecular formula is C22H30N6O2S. The molecule has 4 rings (SSSR count). The van der Waals surface area contributed by atoms with E-state index in [1.807, 2.05) is 27.2 Å². The maximum Gasteiger partial charge on any atom is 0.191 e. The van der Waals surface area contributed by atoms with Crippen molar-refractivity contribution >= 4 is 34.4 Å². The van der Waals surface area contributed by atoms with Crippen LogP contribution in [0.5, 0.6) is 5.75 Å². The molecule has 1 aliphatic heterocycles. The SMILES string of the molecule is CCc1nc2c(N3CCOCC3)nc(SCc3ccc(OC)c(N(C)C)c3)nc2n1C. The van der Waals surface area contributed by atoms with Gasteiger partial charge >= 0.3 is 0 Å². The van der Waals surface area contributed by atoms with Crippen molar-refractivity contribution in [3.05, 3.63) is 29.6 Å². The first-order valence-corrected chi connectivity index (χ1v) is 11.5. The Bertz CT molecular complexity index is 1060. The fourth-order valence-electron chi connectivity index (χ4n) is 3.77. The topological polar surface area (TPSA) is 68.5 Å². The first-order valence-electron chi connectivity index (χ1n) is 10.5. The minimum atomic E-state index is 0.709. The van der Waals surface area contributed by atoms with Crippen molar-refractivity contribution in [2.45, 2.75) is 24.3 Å². The molecule has 1 aromatic carbocycles. The highest BCUT2D eigenvalue weighted by Crippen LogP contribution is 2.32. The van der Waals surface area contributed by atoms with E-state index in [4.69, 9.17) is 24.4 Å². The average molecular weight is 443 g/mol. The van der Waals surface area contributed by atoms with Crippen LogP contribution >= 0.6 is 11.8 Å². The van der Waals surface area contributed by atoms with Gasteiger partial charge in [0.1, 0.15) is 11.6 Å². The summed E-state index contributed by atoms with van der Waals surface area (Å²) >= 11 is 1.65. The predicted molar refractivity (Wildman–Crippen MR) is 126 cm³/mol. The average Bonchev–Trinajstić information content (AvgIpc) is 3.13. The molecule has 8 nitrogen and oxygen atoms in total. The van der Waals surface area contributed by atoms with Gasteiger partial charge in [-0.2, -0.15) is 0 Å². The van der Waals surface area contributed by atoms with Crippen LogP contribution in [-0.4, -0.2) is 67.0 Å². The fourth-order valence-corrected chi connectivity index (χ4v) is 4.55. The van der Waals surface area contributed by atoms with Crippen molar-refractivity contribution in [2.75, 3.05) is 57.3 Å². The summed E-state index contributed by atoms with van der Waals surface area (Å²) in [5, 5.41) is 0.766. The number of fused-ring (bicyclic) bond motifs is 1. The minimum absolute atomic E-state index is 0.709. The Balaban J connectivity index is 1.66. The summed E-state index contributed by atoms with van der Waals surface area (Å²) in [7, 11) is 7.78. The Kier molecular flexibility index (Phi) is 6.52. The predicted octanol–water partition coefficient (Wildman–Crippen LogP) is 3.13. The van der Waals surface area contributed by atoms with Crippen LogP contribution in [0.3, 0.4) is 0 Å². The molecule has 0 amide bonds. The van der Waals surface area contributed by atoms with E-state index in [1.165, 1.54) is 5.56 Å². The van der Waals surface area contributed by atoms with E-state index in [9.17, 15) is 0 Å². The Labute approximate surface area is 187 Å².